The lowest BCUT2D eigenvalue weighted by atomic mass is 9.97. The van der Waals surface area contributed by atoms with Crippen LogP contribution in [0.2, 0.25) is 0 Å². The molecule has 0 fully saturated rings. The second-order valence-corrected chi connectivity index (χ2v) is 4.32. The van der Waals surface area contributed by atoms with E-state index in [-0.39, 0.29) is 11.6 Å². The van der Waals surface area contributed by atoms with Gasteiger partial charge in [-0.3, -0.25) is 9.59 Å². The van der Waals surface area contributed by atoms with Gasteiger partial charge in [0.2, 0.25) is 17.4 Å². The van der Waals surface area contributed by atoms with Crippen LogP contribution in [0.25, 0.3) is 0 Å². The van der Waals surface area contributed by atoms with E-state index in [4.69, 9.17) is 27.4 Å². The van der Waals surface area contributed by atoms with E-state index < -0.39 is 17.9 Å². The molecule has 2 rings (SSSR count). The fourth-order valence-corrected chi connectivity index (χ4v) is 1.99. The number of ketones is 1. The number of hydrogen-bond acceptors (Lipinski definition) is 6. The number of rotatable bonds is 2. The summed E-state index contributed by atoms with van der Waals surface area (Å²) in [5, 5.41) is 0. The summed E-state index contributed by atoms with van der Waals surface area (Å²) >= 11 is 5.16. The Morgan fingerprint density at radius 3 is 2.94 bits per heavy atom. The Morgan fingerprint density at radius 2 is 2.33 bits per heavy atom. The molecule has 2 N–H and O–H groups in total. The van der Waals surface area contributed by atoms with Gasteiger partial charge in [0, 0.05) is 23.8 Å². The molecule has 0 aromatic rings. The van der Waals surface area contributed by atoms with E-state index in [1.54, 1.807) is 12.2 Å². The minimum atomic E-state index is -0.906. The summed E-state index contributed by atoms with van der Waals surface area (Å²) in [7, 11) is 0. The van der Waals surface area contributed by atoms with Gasteiger partial charge in [0.25, 0.3) is 0 Å². The van der Waals surface area contributed by atoms with Crippen LogP contribution < -0.4 is 5.73 Å². The average Bonchev–Trinajstić information content (AvgIpc) is 2.57. The third-order valence-electron chi connectivity index (χ3n) is 2.50. The third-order valence-corrected chi connectivity index (χ3v) is 2.90. The molecular weight excluding hydrogens is 254 g/mol. The Balaban J connectivity index is 2.24. The van der Waals surface area contributed by atoms with Crippen molar-refractivity contribution in [1.82, 2.24) is 0 Å². The number of esters is 1. The number of carbonyl (C=O) groups is 2. The molecule has 18 heavy (non-hydrogen) atoms. The molecule has 0 aromatic heterocycles. The zero-order valence-electron chi connectivity index (χ0n) is 9.64. The smallest absolute Gasteiger partial charge is 0.308 e. The third kappa shape index (κ3) is 2.19. The molecule has 2 aliphatic rings. The maximum absolute atomic E-state index is 12.0. The maximum Gasteiger partial charge on any atom is 0.308 e. The number of thiocarbonyl (C=S) groups is 1. The number of nitrogens with two attached hydrogens (primary N) is 1. The van der Waals surface area contributed by atoms with Crippen molar-refractivity contribution in [2.45, 2.75) is 19.4 Å². The molecule has 0 aromatic carbocycles. The molecule has 5 nitrogen and oxygen atoms in total. The number of carbonyl (C=O) groups excluding carboxylic acids is 2. The topological polar surface area (TPSA) is 78.6 Å². The van der Waals surface area contributed by atoms with Crippen LogP contribution in [0.15, 0.2) is 35.4 Å². The molecule has 1 aliphatic carbocycles. The first kappa shape index (κ1) is 12.5. The van der Waals surface area contributed by atoms with Gasteiger partial charge in [-0.15, -0.1) is 0 Å². The van der Waals surface area contributed by atoms with E-state index in [0.717, 1.165) is 0 Å². The predicted molar refractivity (Wildman–Crippen MR) is 67.3 cm³/mol. The number of hydrogen-bond donors (Lipinski definition) is 1. The normalized spacial score (nSPS) is 22.9. The quantitative estimate of drug-likeness (QED) is 0.590. The molecule has 0 saturated carbocycles. The molecule has 0 saturated heterocycles. The van der Waals surface area contributed by atoms with Gasteiger partial charge in [-0.2, -0.15) is 0 Å². The molecule has 0 bridgehead atoms. The van der Waals surface area contributed by atoms with Crippen LogP contribution in [0.5, 0.6) is 0 Å². The molecule has 1 aliphatic heterocycles. The molecular formula is C12H11NO4S. The first-order valence-corrected chi connectivity index (χ1v) is 5.70. The van der Waals surface area contributed by atoms with E-state index in [0.29, 0.717) is 16.9 Å². The van der Waals surface area contributed by atoms with E-state index in [9.17, 15) is 9.59 Å². The summed E-state index contributed by atoms with van der Waals surface area (Å²) in [6, 6.07) is 0. The van der Waals surface area contributed by atoms with Gasteiger partial charge >= 0.3 is 5.97 Å². The van der Waals surface area contributed by atoms with Gasteiger partial charge < -0.3 is 15.2 Å². The minimum absolute atomic E-state index is 0.182. The van der Waals surface area contributed by atoms with Gasteiger partial charge in [0.05, 0.1) is 0 Å². The van der Waals surface area contributed by atoms with Crippen molar-refractivity contribution in [3.05, 3.63) is 35.4 Å². The highest BCUT2D eigenvalue weighted by Crippen LogP contribution is 2.27. The molecule has 0 radical (unpaired) electrons. The van der Waals surface area contributed by atoms with Crippen molar-refractivity contribution in [3.63, 3.8) is 0 Å². The molecule has 0 spiro atoms. The van der Waals surface area contributed by atoms with Gasteiger partial charge in [-0.1, -0.05) is 30.4 Å². The van der Waals surface area contributed by atoms with Gasteiger partial charge in [0.15, 0.2) is 6.10 Å². The van der Waals surface area contributed by atoms with E-state index in [1.807, 2.05) is 6.08 Å². The Bertz CT molecular complexity index is 530. The van der Waals surface area contributed by atoms with Crippen LogP contribution in [0.3, 0.4) is 0 Å². The Morgan fingerprint density at radius 1 is 1.61 bits per heavy atom. The fourth-order valence-electron chi connectivity index (χ4n) is 1.71. The molecule has 1 atom stereocenters. The highest BCUT2D eigenvalue weighted by molar-refractivity contribution is 7.80. The monoisotopic (exact) mass is 265 g/mol. The van der Waals surface area contributed by atoms with Gasteiger partial charge in [0.1, 0.15) is 0 Å². The molecule has 6 heteroatoms. The number of ether oxygens (including phenoxy) is 2. The van der Waals surface area contributed by atoms with Crippen LogP contribution >= 0.6 is 12.2 Å². The zero-order chi connectivity index (χ0) is 13.3. The standard InChI is InChI=1S/C12H11NO4S/c1-6(14)16-11-9(15)10(17-12(11)13)7-4-2-3-5-8(7)18/h2-4,10H,5,13H2,1H3. The molecule has 1 unspecified atom stereocenters. The van der Waals surface area contributed by atoms with Crippen LogP contribution in [-0.4, -0.2) is 22.7 Å². The highest BCUT2D eigenvalue weighted by atomic mass is 32.1. The zero-order valence-corrected chi connectivity index (χ0v) is 10.5. The molecule has 94 valence electrons. The van der Waals surface area contributed by atoms with Crippen molar-refractivity contribution in [1.29, 1.82) is 0 Å². The second-order valence-electron chi connectivity index (χ2n) is 3.83. The number of Topliss-reactive ketones (excluding diaryl/α,β-unsaturated/α-hetero) is 1. The first-order chi connectivity index (χ1) is 8.50. The van der Waals surface area contributed by atoms with Gasteiger partial charge in [-0.05, 0) is 0 Å². The largest absolute Gasteiger partial charge is 0.460 e. The van der Waals surface area contributed by atoms with Crippen LogP contribution in [0.1, 0.15) is 13.3 Å². The summed E-state index contributed by atoms with van der Waals surface area (Å²) in [4.78, 5) is 23.5. The Kier molecular flexibility index (Phi) is 3.29. The van der Waals surface area contributed by atoms with Crippen LogP contribution in [0.4, 0.5) is 0 Å². The SMILES string of the molecule is CC(=O)OC1=C(N)OC(C2=CC=CCC2=S)C1=O. The average molecular weight is 265 g/mol. The fraction of sp³-hybridized carbons (Fsp3) is 0.250. The van der Waals surface area contributed by atoms with Crippen molar-refractivity contribution < 1.29 is 19.1 Å². The summed E-state index contributed by atoms with van der Waals surface area (Å²) < 4.78 is 9.98. The van der Waals surface area contributed by atoms with Crippen LogP contribution in [-0.2, 0) is 19.1 Å². The highest BCUT2D eigenvalue weighted by Gasteiger charge is 2.40. The lowest BCUT2D eigenvalue weighted by Gasteiger charge is -2.16. The summed E-state index contributed by atoms with van der Waals surface area (Å²) in [6.07, 6.45) is 5.06. The van der Waals surface area contributed by atoms with Crippen molar-refractivity contribution >= 4 is 28.8 Å². The molecule has 1 heterocycles. The summed E-state index contributed by atoms with van der Waals surface area (Å²) in [5.41, 5.74) is 6.12. The lowest BCUT2D eigenvalue weighted by Crippen LogP contribution is -2.26. The summed E-state index contributed by atoms with van der Waals surface area (Å²) in [5.74, 6) is -1.53. The maximum atomic E-state index is 12.0. The predicted octanol–water partition coefficient (Wildman–Crippen LogP) is 0.901. The van der Waals surface area contributed by atoms with Crippen LogP contribution in [0, 0.1) is 0 Å². The van der Waals surface area contributed by atoms with Crippen molar-refractivity contribution in [3.8, 4) is 0 Å². The minimum Gasteiger partial charge on any atom is -0.460 e. The second kappa shape index (κ2) is 4.73. The summed E-state index contributed by atoms with van der Waals surface area (Å²) in [6.45, 7) is 1.19. The van der Waals surface area contributed by atoms with Crippen molar-refractivity contribution in [2.75, 3.05) is 0 Å². The first-order valence-electron chi connectivity index (χ1n) is 5.29. The Hall–Kier alpha value is -1.95. The Labute approximate surface area is 109 Å². The van der Waals surface area contributed by atoms with Crippen molar-refractivity contribution in [2.24, 2.45) is 5.73 Å². The molecule has 0 amide bonds. The lowest BCUT2D eigenvalue weighted by molar-refractivity contribution is -0.140. The number of allylic oxidation sites excluding steroid dienone is 3. The van der Waals surface area contributed by atoms with E-state index >= 15 is 0 Å². The van der Waals surface area contributed by atoms with Gasteiger partial charge in [-0.25, -0.2) is 0 Å². The van der Waals surface area contributed by atoms with E-state index in [1.165, 1.54) is 6.92 Å². The van der Waals surface area contributed by atoms with E-state index in [2.05, 4.69) is 0 Å².